The number of pyridine rings is 2. The van der Waals surface area contributed by atoms with Crippen LogP contribution in [0.5, 0.6) is 0 Å². The van der Waals surface area contributed by atoms with Gasteiger partial charge in [-0.15, -0.1) is 0 Å². The third-order valence-corrected chi connectivity index (χ3v) is 4.17. The van der Waals surface area contributed by atoms with Gasteiger partial charge in [-0.1, -0.05) is 0 Å². The molecule has 1 amide bonds. The molecule has 2 aromatic heterocycles. The van der Waals surface area contributed by atoms with Crippen LogP contribution in [0, 0.1) is 6.92 Å². The minimum atomic E-state index is -0.558. The highest BCUT2D eigenvalue weighted by atomic mass is 16.6. The number of hydrogen-bond acceptors (Lipinski definition) is 6. The molecule has 0 saturated heterocycles. The van der Waals surface area contributed by atoms with Gasteiger partial charge in [-0.2, -0.15) is 0 Å². The van der Waals surface area contributed by atoms with Crippen LogP contribution >= 0.6 is 0 Å². The number of ether oxygens (including phenoxy) is 2. The molecule has 0 aliphatic heterocycles. The molecule has 0 spiro atoms. The molecule has 7 heteroatoms. The summed E-state index contributed by atoms with van der Waals surface area (Å²) in [5.41, 5.74) is 3.10. The Morgan fingerprint density at radius 3 is 2.54 bits per heavy atom. The second kappa shape index (κ2) is 8.82. The van der Waals surface area contributed by atoms with Crippen molar-refractivity contribution < 1.29 is 19.1 Å². The van der Waals surface area contributed by atoms with E-state index in [4.69, 9.17) is 9.47 Å². The summed E-state index contributed by atoms with van der Waals surface area (Å²) >= 11 is 0. The van der Waals surface area contributed by atoms with Crippen molar-refractivity contribution in [2.75, 3.05) is 13.7 Å². The molecule has 0 fully saturated rings. The van der Waals surface area contributed by atoms with Crippen LogP contribution in [-0.4, -0.2) is 46.2 Å². The van der Waals surface area contributed by atoms with Crippen LogP contribution < -0.4 is 0 Å². The summed E-state index contributed by atoms with van der Waals surface area (Å²) in [4.78, 5) is 34.5. The van der Waals surface area contributed by atoms with E-state index in [-0.39, 0.29) is 6.09 Å². The summed E-state index contributed by atoms with van der Waals surface area (Å²) in [5.74, 6) is -0.424. The van der Waals surface area contributed by atoms with Crippen molar-refractivity contribution >= 4 is 12.1 Å². The molecule has 0 unspecified atom stereocenters. The van der Waals surface area contributed by atoms with E-state index >= 15 is 0 Å². The first-order valence-electron chi connectivity index (χ1n) is 9.12. The zero-order valence-corrected chi connectivity index (χ0v) is 17.3. The number of nitrogens with zero attached hydrogens (tertiary/aromatic N) is 3. The standard InChI is InChI=1S/C21H27N3O4/c1-7-24(20(26)28-21(3,4)5)13-16-11-22-12-17(14(16)2)18-10-15(8-9-23-18)19(25)27-6/h8-12H,7,13H2,1-6H3. The molecule has 0 atom stereocenters. The normalized spacial score (nSPS) is 11.1. The lowest BCUT2D eigenvalue weighted by Gasteiger charge is -2.27. The molecular weight excluding hydrogens is 358 g/mol. The van der Waals surface area contributed by atoms with Crippen molar-refractivity contribution in [3.05, 3.63) is 47.4 Å². The van der Waals surface area contributed by atoms with Gasteiger partial charge in [-0.3, -0.25) is 9.97 Å². The van der Waals surface area contributed by atoms with Gasteiger partial charge >= 0.3 is 12.1 Å². The lowest BCUT2D eigenvalue weighted by molar-refractivity contribution is 0.0244. The van der Waals surface area contributed by atoms with Gasteiger partial charge in [0.05, 0.1) is 24.9 Å². The van der Waals surface area contributed by atoms with Gasteiger partial charge in [0.15, 0.2) is 0 Å². The Morgan fingerprint density at radius 2 is 1.93 bits per heavy atom. The van der Waals surface area contributed by atoms with E-state index in [1.807, 2.05) is 34.6 Å². The number of carbonyl (C=O) groups is 2. The SMILES string of the molecule is CCN(Cc1cncc(-c2cc(C(=O)OC)ccn2)c1C)C(=O)OC(C)(C)C. The minimum Gasteiger partial charge on any atom is -0.465 e. The van der Waals surface area contributed by atoms with Crippen LogP contribution in [0.15, 0.2) is 30.7 Å². The summed E-state index contributed by atoms with van der Waals surface area (Å²) in [6.45, 7) is 10.2. The van der Waals surface area contributed by atoms with E-state index < -0.39 is 11.6 Å². The Balaban J connectivity index is 2.32. The van der Waals surface area contributed by atoms with Gasteiger partial charge in [0.2, 0.25) is 0 Å². The van der Waals surface area contributed by atoms with Crippen molar-refractivity contribution in [1.82, 2.24) is 14.9 Å². The maximum Gasteiger partial charge on any atom is 0.410 e. The first-order valence-corrected chi connectivity index (χ1v) is 9.12. The zero-order chi connectivity index (χ0) is 20.9. The van der Waals surface area contributed by atoms with E-state index in [9.17, 15) is 9.59 Å². The quantitative estimate of drug-likeness (QED) is 0.724. The Morgan fingerprint density at radius 1 is 1.21 bits per heavy atom. The smallest absolute Gasteiger partial charge is 0.410 e. The summed E-state index contributed by atoms with van der Waals surface area (Å²) in [5, 5.41) is 0. The molecular formula is C21H27N3O4. The summed E-state index contributed by atoms with van der Waals surface area (Å²) < 4.78 is 10.2. The topological polar surface area (TPSA) is 81.6 Å². The molecule has 28 heavy (non-hydrogen) atoms. The molecule has 0 aromatic carbocycles. The van der Waals surface area contributed by atoms with E-state index in [1.54, 1.807) is 35.6 Å². The molecule has 0 aliphatic rings. The number of methoxy groups -OCH3 is 1. The van der Waals surface area contributed by atoms with Crippen LogP contribution in [0.25, 0.3) is 11.3 Å². The number of rotatable bonds is 5. The maximum absolute atomic E-state index is 12.4. The fourth-order valence-corrected chi connectivity index (χ4v) is 2.65. The molecule has 0 aliphatic carbocycles. The lowest BCUT2D eigenvalue weighted by Crippen LogP contribution is -2.36. The predicted octanol–water partition coefficient (Wildman–Crippen LogP) is 4.00. The van der Waals surface area contributed by atoms with E-state index in [0.717, 1.165) is 16.7 Å². The highest BCUT2D eigenvalue weighted by Gasteiger charge is 2.22. The van der Waals surface area contributed by atoms with Gasteiger partial charge in [0.25, 0.3) is 0 Å². The van der Waals surface area contributed by atoms with Crippen molar-refractivity contribution in [3.8, 4) is 11.3 Å². The fraction of sp³-hybridized carbons (Fsp3) is 0.429. The fourth-order valence-electron chi connectivity index (χ4n) is 2.65. The average molecular weight is 385 g/mol. The van der Waals surface area contributed by atoms with Crippen LogP contribution in [0.3, 0.4) is 0 Å². The first-order chi connectivity index (χ1) is 13.2. The number of aromatic nitrogens is 2. The van der Waals surface area contributed by atoms with E-state index in [2.05, 4.69) is 9.97 Å². The summed E-state index contributed by atoms with van der Waals surface area (Å²) in [7, 11) is 1.34. The van der Waals surface area contributed by atoms with Crippen molar-refractivity contribution in [2.24, 2.45) is 0 Å². The van der Waals surface area contributed by atoms with Gasteiger partial charge in [-0.05, 0) is 57.9 Å². The molecule has 2 rings (SSSR count). The molecule has 2 heterocycles. The monoisotopic (exact) mass is 385 g/mol. The Hall–Kier alpha value is -2.96. The molecule has 150 valence electrons. The molecule has 0 bridgehead atoms. The van der Waals surface area contributed by atoms with Crippen molar-refractivity contribution in [3.63, 3.8) is 0 Å². The Labute approximate surface area is 165 Å². The molecule has 0 N–H and O–H groups in total. The van der Waals surface area contributed by atoms with Gasteiger partial charge in [0.1, 0.15) is 5.60 Å². The van der Waals surface area contributed by atoms with Gasteiger partial charge in [-0.25, -0.2) is 9.59 Å². The van der Waals surface area contributed by atoms with E-state index in [0.29, 0.717) is 24.3 Å². The minimum absolute atomic E-state index is 0.370. The Bertz CT molecular complexity index is 859. The van der Waals surface area contributed by atoms with E-state index in [1.165, 1.54) is 7.11 Å². The average Bonchev–Trinajstić information content (AvgIpc) is 2.65. The van der Waals surface area contributed by atoms with Crippen LogP contribution in [-0.2, 0) is 16.0 Å². The Kier molecular flexibility index (Phi) is 6.72. The highest BCUT2D eigenvalue weighted by molar-refractivity contribution is 5.90. The summed E-state index contributed by atoms with van der Waals surface area (Å²) in [6.07, 6.45) is 4.62. The zero-order valence-electron chi connectivity index (χ0n) is 17.3. The van der Waals surface area contributed by atoms with Gasteiger partial charge < -0.3 is 14.4 Å². The number of esters is 1. The molecule has 0 radical (unpaired) electrons. The van der Waals surface area contributed by atoms with Crippen LogP contribution in [0.2, 0.25) is 0 Å². The van der Waals surface area contributed by atoms with Crippen LogP contribution in [0.4, 0.5) is 4.79 Å². The van der Waals surface area contributed by atoms with Crippen LogP contribution in [0.1, 0.15) is 49.2 Å². The number of carbonyl (C=O) groups excluding carboxylic acids is 2. The third-order valence-electron chi connectivity index (χ3n) is 4.17. The second-order valence-electron chi connectivity index (χ2n) is 7.39. The van der Waals surface area contributed by atoms with Gasteiger partial charge in [0, 0.05) is 30.7 Å². The largest absolute Gasteiger partial charge is 0.465 e. The highest BCUT2D eigenvalue weighted by Crippen LogP contribution is 2.25. The number of hydrogen-bond donors (Lipinski definition) is 0. The molecule has 7 nitrogen and oxygen atoms in total. The molecule has 2 aromatic rings. The molecule has 0 saturated carbocycles. The maximum atomic E-state index is 12.4. The second-order valence-corrected chi connectivity index (χ2v) is 7.39. The number of amides is 1. The lowest BCUT2D eigenvalue weighted by atomic mass is 10.0. The summed E-state index contributed by atoms with van der Waals surface area (Å²) in [6, 6.07) is 3.27. The first kappa shape index (κ1) is 21.3. The predicted molar refractivity (Wildman–Crippen MR) is 106 cm³/mol. The third kappa shape index (κ3) is 5.28. The van der Waals surface area contributed by atoms with Crippen molar-refractivity contribution in [2.45, 2.75) is 46.8 Å². The van der Waals surface area contributed by atoms with Crippen molar-refractivity contribution in [1.29, 1.82) is 0 Å².